The Labute approximate surface area is 143 Å². The lowest BCUT2D eigenvalue weighted by atomic mass is 10.2. The summed E-state index contributed by atoms with van der Waals surface area (Å²) in [6.07, 6.45) is -2.35. The van der Waals surface area contributed by atoms with Gasteiger partial charge >= 0.3 is 0 Å². The summed E-state index contributed by atoms with van der Waals surface area (Å²) in [5.41, 5.74) is 2.16. The second kappa shape index (κ2) is 7.10. The first-order chi connectivity index (χ1) is 12.6. The number of rotatable bonds is 6. The van der Waals surface area contributed by atoms with Gasteiger partial charge in [-0.1, -0.05) is 46.3 Å². The number of ether oxygens (including phenoxy) is 1. The summed E-state index contributed by atoms with van der Waals surface area (Å²) < 4.78 is 55.8. The zero-order chi connectivity index (χ0) is 19.9. The predicted molar refractivity (Wildman–Crippen MR) is 90.8 cm³/mol. The quantitative estimate of drug-likeness (QED) is 0.763. The highest BCUT2D eigenvalue weighted by Crippen LogP contribution is 2.30. The van der Waals surface area contributed by atoms with Crippen molar-refractivity contribution in [3.8, 4) is 0 Å². The van der Waals surface area contributed by atoms with E-state index in [9.17, 15) is 0 Å². The molecule has 0 unspecified atom stereocenters. The molecule has 0 spiro atoms. The number of anilines is 1. The fourth-order valence-corrected chi connectivity index (χ4v) is 2.72. The molecule has 0 aromatic heterocycles. The molecular weight excluding hydrogens is 326 g/mol. The SMILES string of the molecule is [2H]C([2H])(OCc1ccccc1)C([2H])([2H])C([2H])([2H])N1CCc2cc(Br)ccc21. The van der Waals surface area contributed by atoms with Crippen molar-refractivity contribution in [3.63, 3.8) is 0 Å². The van der Waals surface area contributed by atoms with E-state index in [4.69, 9.17) is 13.0 Å². The van der Waals surface area contributed by atoms with E-state index >= 15 is 0 Å². The molecule has 1 heterocycles. The van der Waals surface area contributed by atoms with Gasteiger partial charge in [-0.25, -0.2) is 0 Å². The van der Waals surface area contributed by atoms with Gasteiger partial charge in [0.1, 0.15) is 0 Å². The van der Waals surface area contributed by atoms with Crippen molar-refractivity contribution in [2.45, 2.75) is 19.4 Å². The van der Waals surface area contributed by atoms with Crippen LogP contribution >= 0.6 is 15.9 Å². The number of benzene rings is 2. The third kappa shape index (κ3) is 3.86. The number of nitrogens with zero attached hydrogens (tertiary/aromatic N) is 1. The van der Waals surface area contributed by atoms with E-state index in [1.165, 1.54) is 4.90 Å². The van der Waals surface area contributed by atoms with Crippen molar-refractivity contribution in [3.05, 3.63) is 64.1 Å². The fourth-order valence-electron chi connectivity index (χ4n) is 2.31. The van der Waals surface area contributed by atoms with Crippen molar-refractivity contribution in [2.75, 3.05) is 24.5 Å². The van der Waals surface area contributed by atoms with Crippen LogP contribution in [0.4, 0.5) is 5.69 Å². The van der Waals surface area contributed by atoms with Crippen molar-refractivity contribution in [2.24, 2.45) is 0 Å². The van der Waals surface area contributed by atoms with Crippen molar-refractivity contribution in [1.29, 1.82) is 0 Å². The molecular formula is C18H20BrNO. The maximum atomic E-state index is 8.44. The number of halogens is 1. The maximum absolute atomic E-state index is 8.44. The predicted octanol–water partition coefficient (Wildman–Crippen LogP) is 4.42. The summed E-state index contributed by atoms with van der Waals surface area (Å²) >= 11 is 3.38. The van der Waals surface area contributed by atoms with Crippen LogP contribution in [0.3, 0.4) is 0 Å². The van der Waals surface area contributed by atoms with Crippen LogP contribution in [0.15, 0.2) is 53.0 Å². The van der Waals surface area contributed by atoms with E-state index in [1.807, 2.05) is 12.1 Å². The fraction of sp³-hybridized carbons (Fsp3) is 0.333. The Morgan fingerprint density at radius 3 is 2.90 bits per heavy atom. The number of hydrogen-bond donors (Lipinski definition) is 0. The molecule has 0 bridgehead atoms. The molecule has 2 aromatic rings. The molecule has 2 aromatic carbocycles. The standard InChI is InChI=1S/C18H20BrNO/c19-17-7-8-18-16(13-17)9-11-20(18)10-4-12-21-14-15-5-2-1-3-6-15/h1-3,5-8,13H,4,9-12,14H2/i4D2,10D2,12D2. The number of fused-ring (bicyclic) bond motifs is 1. The molecule has 0 aliphatic carbocycles. The van der Waals surface area contributed by atoms with E-state index in [0.29, 0.717) is 17.7 Å². The van der Waals surface area contributed by atoms with Gasteiger partial charge in [-0.3, -0.25) is 0 Å². The third-order valence-corrected chi connectivity index (χ3v) is 3.83. The molecule has 110 valence electrons. The second-order valence-corrected chi connectivity index (χ2v) is 5.70. The molecule has 0 saturated heterocycles. The summed E-state index contributed by atoms with van der Waals surface area (Å²) in [6.45, 7) is -5.31. The second-order valence-electron chi connectivity index (χ2n) is 4.79. The topological polar surface area (TPSA) is 12.5 Å². The highest BCUT2D eigenvalue weighted by Gasteiger charge is 2.18. The molecule has 1 aliphatic heterocycles. The Hall–Kier alpha value is -1.32. The van der Waals surface area contributed by atoms with Gasteiger partial charge < -0.3 is 9.64 Å². The lowest BCUT2D eigenvalue weighted by Gasteiger charge is -2.19. The minimum atomic E-state index is -2.91. The largest absolute Gasteiger partial charge is 0.377 e. The van der Waals surface area contributed by atoms with E-state index < -0.39 is 19.4 Å². The summed E-state index contributed by atoms with van der Waals surface area (Å²) in [6, 6.07) is 14.2. The molecule has 0 fully saturated rings. The van der Waals surface area contributed by atoms with Gasteiger partial charge in [0, 0.05) is 35.2 Å². The summed E-state index contributed by atoms with van der Waals surface area (Å²) in [7, 11) is 0. The highest BCUT2D eigenvalue weighted by molar-refractivity contribution is 9.10. The summed E-state index contributed by atoms with van der Waals surface area (Å²) in [5, 5.41) is 0. The van der Waals surface area contributed by atoms with Gasteiger partial charge in [0.2, 0.25) is 0 Å². The van der Waals surface area contributed by atoms with Crippen LogP contribution in [0.5, 0.6) is 0 Å². The molecule has 0 amide bonds. The average molecular weight is 352 g/mol. The highest BCUT2D eigenvalue weighted by atomic mass is 79.9. The van der Waals surface area contributed by atoms with Crippen LogP contribution in [0, 0.1) is 0 Å². The molecule has 2 nitrogen and oxygen atoms in total. The smallest absolute Gasteiger partial charge is 0.0716 e. The first-order valence-corrected chi connectivity index (χ1v) is 7.59. The summed E-state index contributed by atoms with van der Waals surface area (Å²) in [4.78, 5) is 1.29. The average Bonchev–Trinajstić information content (AvgIpc) is 3.04. The van der Waals surface area contributed by atoms with Crippen LogP contribution < -0.4 is 4.90 Å². The Morgan fingerprint density at radius 1 is 1.19 bits per heavy atom. The van der Waals surface area contributed by atoms with Crippen LogP contribution in [0.25, 0.3) is 0 Å². The van der Waals surface area contributed by atoms with E-state index in [1.54, 1.807) is 36.4 Å². The van der Waals surface area contributed by atoms with Crippen molar-refractivity contribution in [1.82, 2.24) is 0 Å². The molecule has 1 aliphatic rings. The number of hydrogen-bond acceptors (Lipinski definition) is 2. The Kier molecular flexibility index (Phi) is 3.03. The Bertz CT molecular complexity index is 815. The molecule has 3 heteroatoms. The zero-order valence-electron chi connectivity index (χ0n) is 17.5. The third-order valence-electron chi connectivity index (χ3n) is 3.33. The Balaban J connectivity index is 1.84. The molecule has 21 heavy (non-hydrogen) atoms. The lowest BCUT2D eigenvalue weighted by Crippen LogP contribution is -2.22. The van der Waals surface area contributed by atoms with E-state index in [-0.39, 0.29) is 13.2 Å². The monoisotopic (exact) mass is 351 g/mol. The maximum Gasteiger partial charge on any atom is 0.0716 e. The van der Waals surface area contributed by atoms with Gasteiger partial charge in [-0.2, -0.15) is 0 Å². The molecule has 3 rings (SSSR count). The van der Waals surface area contributed by atoms with Gasteiger partial charge in [-0.15, -0.1) is 0 Å². The van der Waals surface area contributed by atoms with Crippen LogP contribution in [0.2, 0.25) is 0 Å². The van der Waals surface area contributed by atoms with Crippen LogP contribution in [0.1, 0.15) is 25.7 Å². The normalized spacial score (nSPS) is 19.8. The molecule has 0 radical (unpaired) electrons. The molecule has 0 N–H and O–H groups in total. The van der Waals surface area contributed by atoms with Gasteiger partial charge in [0.25, 0.3) is 0 Å². The van der Waals surface area contributed by atoms with Gasteiger partial charge in [0.05, 0.1) is 9.35 Å². The van der Waals surface area contributed by atoms with E-state index in [2.05, 4.69) is 15.9 Å². The summed E-state index contributed by atoms with van der Waals surface area (Å²) in [5.74, 6) is 0. The Morgan fingerprint density at radius 2 is 2.05 bits per heavy atom. The van der Waals surface area contributed by atoms with Crippen molar-refractivity contribution >= 4 is 21.6 Å². The first kappa shape index (κ1) is 8.96. The van der Waals surface area contributed by atoms with Crippen molar-refractivity contribution < 1.29 is 13.0 Å². The van der Waals surface area contributed by atoms with Gasteiger partial charge in [0.15, 0.2) is 0 Å². The van der Waals surface area contributed by atoms with Gasteiger partial charge in [-0.05, 0) is 42.1 Å². The first-order valence-electron chi connectivity index (χ1n) is 9.80. The van der Waals surface area contributed by atoms with Crippen LogP contribution in [-0.2, 0) is 17.8 Å². The minimum absolute atomic E-state index is 0.146. The lowest BCUT2D eigenvalue weighted by molar-refractivity contribution is 0.119. The van der Waals surface area contributed by atoms with Crippen LogP contribution in [-0.4, -0.2) is 19.6 Å². The zero-order valence-corrected chi connectivity index (χ0v) is 13.1. The minimum Gasteiger partial charge on any atom is -0.377 e. The molecule has 0 saturated carbocycles. The van der Waals surface area contributed by atoms with E-state index in [0.717, 1.165) is 10.0 Å². The molecule has 0 atom stereocenters.